The first-order chi connectivity index (χ1) is 7.61. The van der Waals surface area contributed by atoms with Gasteiger partial charge < -0.3 is 29.8 Å². The molecule has 2 rings (SSSR count). The summed E-state index contributed by atoms with van der Waals surface area (Å²) in [4.78, 5) is 31.2. The summed E-state index contributed by atoms with van der Waals surface area (Å²) in [6, 6.07) is 0. The molecule has 0 spiro atoms. The maximum atomic E-state index is 9.86. The molecule has 0 amide bonds. The van der Waals surface area contributed by atoms with E-state index in [1.807, 2.05) is 0 Å². The van der Waals surface area contributed by atoms with Gasteiger partial charge in [-0.15, -0.1) is 0 Å². The molecule has 0 fully saturated rings. The summed E-state index contributed by atoms with van der Waals surface area (Å²) >= 11 is 0. The minimum atomic E-state index is -1.28. The van der Waals surface area contributed by atoms with Crippen LogP contribution in [0.2, 0.25) is 0 Å². The fraction of sp³-hybridized carbons (Fsp3) is 0. The van der Waals surface area contributed by atoms with E-state index in [0.29, 0.717) is 0 Å². The van der Waals surface area contributed by atoms with Gasteiger partial charge in [-0.05, 0) is 0 Å². The molecule has 0 aromatic carbocycles. The maximum Gasteiger partial charge on any atom is 2.00 e. The van der Waals surface area contributed by atoms with Crippen molar-refractivity contribution in [3.63, 3.8) is 0 Å². The van der Waals surface area contributed by atoms with Crippen LogP contribution in [0.25, 0.3) is 0 Å². The average Bonchev–Trinajstić information content (AvgIpc) is 2.93. The maximum absolute atomic E-state index is 9.86. The topological polar surface area (TPSA) is 138 Å². The zero-order chi connectivity index (χ0) is 12.0. The van der Waals surface area contributed by atoms with Gasteiger partial charge in [-0.2, -0.15) is 0 Å². The van der Waals surface area contributed by atoms with Crippen molar-refractivity contribution in [2.75, 3.05) is 0 Å². The van der Waals surface area contributed by atoms with Gasteiger partial charge in [0.1, 0.15) is 11.9 Å². The second-order valence-electron chi connectivity index (χ2n) is 2.45. The molecule has 2 heterocycles. The fourth-order valence-electron chi connectivity index (χ4n) is 0.754. The minimum absolute atomic E-state index is 0. The number of aromatic nitrogens is 4. The predicted octanol–water partition coefficient (Wildman–Crippen LogP) is -2.83. The first kappa shape index (κ1) is 15.9. The van der Waals surface area contributed by atoms with Crippen LogP contribution in [-0.4, -0.2) is 80.8 Å². The van der Waals surface area contributed by atoms with Gasteiger partial charge in [0, 0.05) is 24.8 Å². The monoisotopic (exact) mass is 360 g/mol. The van der Waals surface area contributed by atoms with Crippen molar-refractivity contribution in [2.45, 2.75) is 0 Å². The van der Waals surface area contributed by atoms with Crippen LogP contribution in [0, 0.1) is 0 Å². The number of carbonyl (C=O) groups is 2. The number of rotatable bonds is 2. The van der Waals surface area contributed by atoms with Gasteiger partial charge in [-0.25, -0.2) is 9.97 Å². The third-order valence-electron chi connectivity index (χ3n) is 1.38. The second-order valence-corrected chi connectivity index (χ2v) is 2.45. The van der Waals surface area contributed by atoms with E-state index >= 15 is 0 Å². The van der Waals surface area contributed by atoms with Gasteiger partial charge in [0.05, 0.1) is 0 Å². The summed E-state index contributed by atoms with van der Waals surface area (Å²) in [6.45, 7) is 0. The molecular formula is C8H6BaN4O4. The number of nitrogens with one attached hydrogen (secondary N) is 2. The molecule has 0 aliphatic heterocycles. The Labute approximate surface area is 136 Å². The summed E-state index contributed by atoms with van der Waals surface area (Å²) in [5.41, 5.74) is 0. The second kappa shape index (κ2) is 8.09. The molecule has 17 heavy (non-hydrogen) atoms. The molecule has 2 N–H and O–H groups in total. The van der Waals surface area contributed by atoms with Gasteiger partial charge in [0.25, 0.3) is 0 Å². The number of nitrogens with zero attached hydrogens (tertiary/aromatic N) is 2. The third kappa shape index (κ3) is 5.70. The Balaban J connectivity index is 0.000000284. The van der Waals surface area contributed by atoms with E-state index in [4.69, 9.17) is 0 Å². The molecule has 0 aliphatic carbocycles. The standard InChI is InChI=1S/2C4H4N2O2.Ba/c2*7-4(8)3-5-1-2-6-3;/h2*1-2H,(H,5,6)(H,7,8);/q;;+2/p-2. The Morgan fingerprint density at radius 1 is 0.941 bits per heavy atom. The average molecular weight is 359 g/mol. The Morgan fingerprint density at radius 2 is 1.29 bits per heavy atom. The van der Waals surface area contributed by atoms with E-state index in [2.05, 4.69) is 19.9 Å². The van der Waals surface area contributed by atoms with Crippen molar-refractivity contribution in [2.24, 2.45) is 0 Å². The Hall–Kier alpha value is -1.07. The van der Waals surface area contributed by atoms with Crippen molar-refractivity contribution in [1.82, 2.24) is 19.9 Å². The molecule has 0 unspecified atom stereocenters. The fourth-order valence-corrected chi connectivity index (χ4v) is 0.754. The molecule has 2 aromatic heterocycles. The number of H-pyrrole nitrogens is 2. The van der Waals surface area contributed by atoms with Gasteiger partial charge >= 0.3 is 48.9 Å². The van der Waals surface area contributed by atoms with Crippen LogP contribution in [0.5, 0.6) is 0 Å². The number of carboxylic acid groups (broad SMARTS) is 2. The number of aromatic amines is 2. The number of hydrogen-bond acceptors (Lipinski definition) is 6. The Kier molecular flexibility index (Phi) is 7.58. The largest absolute Gasteiger partial charge is 2.00 e. The van der Waals surface area contributed by atoms with Gasteiger partial charge in [-0.1, -0.05) is 0 Å². The van der Waals surface area contributed by atoms with Gasteiger partial charge in [-0.3, -0.25) is 0 Å². The predicted molar refractivity (Wildman–Crippen MR) is 51.6 cm³/mol. The Bertz CT molecular complexity index is 410. The summed E-state index contributed by atoms with van der Waals surface area (Å²) in [5, 5.41) is 19.7. The summed E-state index contributed by atoms with van der Waals surface area (Å²) < 4.78 is 0. The van der Waals surface area contributed by atoms with Gasteiger partial charge in [0.2, 0.25) is 0 Å². The molecule has 0 atom stereocenters. The normalized spacial score (nSPS) is 8.47. The quantitative estimate of drug-likeness (QED) is 0.554. The SMILES string of the molecule is O=C([O-])c1ncc[nH]1.O=C([O-])c1ncc[nH]1.[Ba+2]. The number of aromatic carboxylic acids is 2. The van der Waals surface area contributed by atoms with Crippen LogP contribution in [0.1, 0.15) is 21.2 Å². The summed E-state index contributed by atoms with van der Waals surface area (Å²) in [7, 11) is 0. The van der Waals surface area contributed by atoms with E-state index in [1.54, 1.807) is 0 Å². The Morgan fingerprint density at radius 3 is 1.41 bits per heavy atom. The molecule has 84 valence electrons. The zero-order valence-corrected chi connectivity index (χ0v) is 13.0. The van der Waals surface area contributed by atoms with Gasteiger partial charge in [0.15, 0.2) is 11.6 Å². The summed E-state index contributed by atoms with van der Waals surface area (Å²) in [5.74, 6) is -2.83. The number of imidazole rings is 2. The van der Waals surface area contributed by atoms with Crippen molar-refractivity contribution in [3.8, 4) is 0 Å². The zero-order valence-electron chi connectivity index (χ0n) is 8.54. The van der Waals surface area contributed by atoms with Crippen molar-refractivity contribution >= 4 is 60.8 Å². The molecule has 2 aromatic rings. The number of carboxylic acids is 2. The summed E-state index contributed by atoms with van der Waals surface area (Å²) in [6.07, 6.45) is 5.55. The first-order valence-corrected chi connectivity index (χ1v) is 4.02. The minimum Gasteiger partial charge on any atom is -0.542 e. The molecule has 9 heteroatoms. The van der Waals surface area contributed by atoms with Crippen LogP contribution in [0.3, 0.4) is 0 Å². The third-order valence-corrected chi connectivity index (χ3v) is 1.38. The van der Waals surface area contributed by atoms with Crippen LogP contribution in [-0.2, 0) is 0 Å². The molecule has 0 bridgehead atoms. The van der Waals surface area contributed by atoms with Crippen molar-refractivity contribution < 1.29 is 19.8 Å². The van der Waals surface area contributed by atoms with Crippen molar-refractivity contribution in [1.29, 1.82) is 0 Å². The first-order valence-electron chi connectivity index (χ1n) is 4.02. The number of hydrogen-bond donors (Lipinski definition) is 2. The van der Waals surface area contributed by atoms with E-state index in [-0.39, 0.29) is 60.5 Å². The molecular weight excluding hydrogens is 353 g/mol. The van der Waals surface area contributed by atoms with E-state index in [0.717, 1.165) is 0 Å². The van der Waals surface area contributed by atoms with Crippen LogP contribution in [0.4, 0.5) is 0 Å². The molecule has 8 nitrogen and oxygen atoms in total. The number of carbonyl (C=O) groups excluding carboxylic acids is 2. The molecule has 0 radical (unpaired) electrons. The van der Waals surface area contributed by atoms with E-state index < -0.39 is 11.9 Å². The van der Waals surface area contributed by atoms with Crippen LogP contribution < -0.4 is 10.2 Å². The molecule has 0 saturated carbocycles. The van der Waals surface area contributed by atoms with Crippen molar-refractivity contribution in [3.05, 3.63) is 36.4 Å². The van der Waals surface area contributed by atoms with Crippen LogP contribution in [0.15, 0.2) is 24.8 Å². The van der Waals surface area contributed by atoms with E-state index in [9.17, 15) is 19.8 Å². The smallest absolute Gasteiger partial charge is 0.542 e. The van der Waals surface area contributed by atoms with Crippen LogP contribution >= 0.6 is 0 Å². The molecule has 0 saturated heterocycles. The van der Waals surface area contributed by atoms with E-state index in [1.165, 1.54) is 24.8 Å². The molecule has 0 aliphatic rings.